The SMILES string of the molecule is O=C(CCCC1CCN(C(=O)CCc2ccccc2)CC1)C1=NCCO1. The molecule has 2 heterocycles. The Bertz CT molecular complexity index is 634. The maximum atomic E-state index is 12.4. The molecule has 0 saturated carbocycles. The first-order valence-corrected chi connectivity index (χ1v) is 9.74. The number of aliphatic imine (C=N–C) groups is 1. The summed E-state index contributed by atoms with van der Waals surface area (Å²) in [6.45, 7) is 2.85. The number of carbonyl (C=O) groups excluding carboxylic acids is 2. The minimum atomic E-state index is 0.0380. The maximum absolute atomic E-state index is 12.4. The van der Waals surface area contributed by atoms with E-state index in [2.05, 4.69) is 17.1 Å². The molecule has 1 amide bonds. The normalized spacial score (nSPS) is 17.7. The molecule has 26 heavy (non-hydrogen) atoms. The molecule has 5 nitrogen and oxygen atoms in total. The Kier molecular flexibility index (Phi) is 6.81. The summed E-state index contributed by atoms with van der Waals surface area (Å²) in [4.78, 5) is 30.4. The molecule has 2 aliphatic heterocycles. The van der Waals surface area contributed by atoms with Crippen molar-refractivity contribution in [3.05, 3.63) is 35.9 Å². The molecule has 0 aliphatic carbocycles. The number of piperidine rings is 1. The van der Waals surface area contributed by atoms with E-state index < -0.39 is 0 Å². The lowest BCUT2D eigenvalue weighted by Gasteiger charge is -2.32. The van der Waals surface area contributed by atoms with Gasteiger partial charge >= 0.3 is 0 Å². The number of ether oxygens (including phenoxy) is 1. The van der Waals surface area contributed by atoms with Gasteiger partial charge in [-0.2, -0.15) is 0 Å². The Labute approximate surface area is 155 Å². The lowest BCUT2D eigenvalue weighted by atomic mass is 9.91. The highest BCUT2D eigenvalue weighted by Crippen LogP contribution is 2.23. The standard InChI is InChI=1S/C21H28N2O3/c24-19(21-22-13-16-26-21)8-4-7-18-11-14-23(15-12-18)20(25)10-9-17-5-2-1-3-6-17/h1-3,5-6,18H,4,7-16H2. The van der Waals surface area contributed by atoms with Gasteiger partial charge in [0.2, 0.25) is 11.7 Å². The Balaban J connectivity index is 1.31. The summed E-state index contributed by atoms with van der Waals surface area (Å²) < 4.78 is 5.21. The van der Waals surface area contributed by atoms with E-state index in [-0.39, 0.29) is 11.7 Å². The van der Waals surface area contributed by atoms with Gasteiger partial charge < -0.3 is 9.64 Å². The zero-order valence-corrected chi connectivity index (χ0v) is 15.4. The van der Waals surface area contributed by atoms with Gasteiger partial charge in [-0.25, -0.2) is 4.99 Å². The van der Waals surface area contributed by atoms with Crippen LogP contribution < -0.4 is 0 Å². The van der Waals surface area contributed by atoms with Crippen molar-refractivity contribution in [2.75, 3.05) is 26.2 Å². The predicted octanol–water partition coefficient (Wildman–Crippen LogP) is 3.03. The second-order valence-corrected chi connectivity index (χ2v) is 7.16. The van der Waals surface area contributed by atoms with Gasteiger partial charge in [0.25, 0.3) is 5.90 Å². The molecule has 0 bridgehead atoms. The van der Waals surface area contributed by atoms with Crippen molar-refractivity contribution in [2.24, 2.45) is 10.9 Å². The molecular weight excluding hydrogens is 328 g/mol. The van der Waals surface area contributed by atoms with E-state index in [0.717, 1.165) is 45.2 Å². The summed E-state index contributed by atoms with van der Waals surface area (Å²) in [7, 11) is 0. The lowest BCUT2D eigenvalue weighted by molar-refractivity contribution is -0.132. The third-order valence-electron chi connectivity index (χ3n) is 5.28. The number of Topliss-reactive ketones (excluding diaryl/α,β-unsaturated/α-hetero) is 1. The van der Waals surface area contributed by atoms with Gasteiger partial charge in [-0.3, -0.25) is 9.59 Å². The summed E-state index contributed by atoms with van der Waals surface area (Å²) in [5.74, 6) is 1.24. The van der Waals surface area contributed by atoms with Gasteiger partial charge in [-0.15, -0.1) is 0 Å². The molecular formula is C21H28N2O3. The van der Waals surface area contributed by atoms with Gasteiger partial charge in [0.1, 0.15) is 6.61 Å². The molecule has 0 aromatic heterocycles. The Morgan fingerprint density at radius 1 is 1.12 bits per heavy atom. The number of nitrogens with zero attached hydrogens (tertiary/aromatic N) is 2. The lowest BCUT2D eigenvalue weighted by Crippen LogP contribution is -2.38. The number of likely N-dealkylation sites (tertiary alicyclic amines) is 1. The number of carbonyl (C=O) groups is 2. The maximum Gasteiger partial charge on any atom is 0.253 e. The molecule has 1 aromatic carbocycles. The van der Waals surface area contributed by atoms with Crippen LogP contribution in [0.15, 0.2) is 35.3 Å². The predicted molar refractivity (Wildman–Crippen MR) is 101 cm³/mol. The first kappa shape index (κ1) is 18.6. The number of amides is 1. The van der Waals surface area contributed by atoms with Crippen LogP contribution in [0.5, 0.6) is 0 Å². The average molecular weight is 356 g/mol. The third kappa shape index (κ3) is 5.41. The first-order valence-electron chi connectivity index (χ1n) is 9.74. The van der Waals surface area contributed by atoms with E-state index in [1.54, 1.807) is 0 Å². The van der Waals surface area contributed by atoms with Crippen LogP contribution in [0, 0.1) is 5.92 Å². The zero-order chi connectivity index (χ0) is 18.2. The summed E-state index contributed by atoms with van der Waals surface area (Å²) in [6, 6.07) is 10.2. The number of ketones is 1. The van der Waals surface area contributed by atoms with Crippen LogP contribution in [0.25, 0.3) is 0 Å². The van der Waals surface area contributed by atoms with Crippen LogP contribution >= 0.6 is 0 Å². The molecule has 5 heteroatoms. The van der Waals surface area contributed by atoms with Crippen LogP contribution in [-0.4, -0.2) is 48.7 Å². The molecule has 1 saturated heterocycles. The first-order chi connectivity index (χ1) is 12.7. The Morgan fingerprint density at radius 3 is 2.58 bits per heavy atom. The van der Waals surface area contributed by atoms with Crippen LogP contribution in [-0.2, 0) is 20.7 Å². The highest BCUT2D eigenvalue weighted by Gasteiger charge is 2.23. The number of hydrogen-bond acceptors (Lipinski definition) is 4. The third-order valence-corrected chi connectivity index (χ3v) is 5.28. The smallest absolute Gasteiger partial charge is 0.253 e. The summed E-state index contributed by atoms with van der Waals surface area (Å²) in [5, 5.41) is 0. The van der Waals surface area contributed by atoms with Gasteiger partial charge in [-0.05, 0) is 43.6 Å². The van der Waals surface area contributed by atoms with Crippen molar-refractivity contribution in [3.63, 3.8) is 0 Å². The molecule has 3 rings (SSSR count). The molecule has 0 spiro atoms. The molecule has 1 aromatic rings. The molecule has 0 radical (unpaired) electrons. The van der Waals surface area contributed by atoms with E-state index in [4.69, 9.17) is 4.74 Å². The second-order valence-electron chi connectivity index (χ2n) is 7.16. The summed E-state index contributed by atoms with van der Waals surface area (Å²) >= 11 is 0. The fourth-order valence-electron chi connectivity index (χ4n) is 3.69. The molecule has 0 atom stereocenters. The fraction of sp³-hybridized carbons (Fsp3) is 0.571. The number of rotatable bonds is 8. The number of benzene rings is 1. The zero-order valence-electron chi connectivity index (χ0n) is 15.4. The number of hydrogen-bond donors (Lipinski definition) is 0. The minimum Gasteiger partial charge on any atom is -0.473 e. The van der Waals surface area contributed by atoms with Crippen molar-refractivity contribution < 1.29 is 14.3 Å². The van der Waals surface area contributed by atoms with Crippen molar-refractivity contribution in [3.8, 4) is 0 Å². The second kappa shape index (κ2) is 9.51. The Hall–Kier alpha value is -2.17. The summed E-state index contributed by atoms with van der Waals surface area (Å²) in [5.41, 5.74) is 1.22. The van der Waals surface area contributed by atoms with Crippen LogP contribution in [0.2, 0.25) is 0 Å². The van der Waals surface area contributed by atoms with E-state index >= 15 is 0 Å². The topological polar surface area (TPSA) is 59.0 Å². The average Bonchev–Trinajstić information content (AvgIpc) is 3.22. The fourth-order valence-corrected chi connectivity index (χ4v) is 3.69. The highest BCUT2D eigenvalue weighted by molar-refractivity contribution is 6.36. The van der Waals surface area contributed by atoms with Crippen molar-refractivity contribution in [1.29, 1.82) is 0 Å². The van der Waals surface area contributed by atoms with Gasteiger partial charge in [0, 0.05) is 25.9 Å². The molecule has 0 N–H and O–H groups in total. The number of aryl methyl sites for hydroxylation is 1. The van der Waals surface area contributed by atoms with Crippen LogP contribution in [0.4, 0.5) is 0 Å². The van der Waals surface area contributed by atoms with E-state index in [0.29, 0.717) is 37.8 Å². The van der Waals surface area contributed by atoms with Gasteiger partial charge in [-0.1, -0.05) is 30.3 Å². The largest absolute Gasteiger partial charge is 0.473 e. The van der Waals surface area contributed by atoms with E-state index in [1.165, 1.54) is 5.56 Å². The molecule has 140 valence electrons. The van der Waals surface area contributed by atoms with Gasteiger partial charge in [0.05, 0.1) is 6.54 Å². The van der Waals surface area contributed by atoms with Crippen molar-refractivity contribution in [2.45, 2.75) is 44.9 Å². The van der Waals surface area contributed by atoms with E-state index in [9.17, 15) is 9.59 Å². The van der Waals surface area contributed by atoms with Crippen LogP contribution in [0.1, 0.15) is 44.1 Å². The summed E-state index contributed by atoms with van der Waals surface area (Å²) in [6.07, 6.45) is 5.94. The van der Waals surface area contributed by atoms with E-state index in [1.807, 2.05) is 23.1 Å². The monoisotopic (exact) mass is 356 g/mol. The Morgan fingerprint density at radius 2 is 1.88 bits per heavy atom. The van der Waals surface area contributed by atoms with Crippen molar-refractivity contribution >= 4 is 17.6 Å². The minimum absolute atomic E-state index is 0.0380. The van der Waals surface area contributed by atoms with Crippen molar-refractivity contribution in [1.82, 2.24) is 4.90 Å². The quantitative estimate of drug-likeness (QED) is 0.719. The molecule has 1 fully saturated rings. The van der Waals surface area contributed by atoms with Gasteiger partial charge in [0.15, 0.2) is 0 Å². The molecule has 2 aliphatic rings. The van der Waals surface area contributed by atoms with Crippen LogP contribution in [0.3, 0.4) is 0 Å². The molecule has 0 unspecified atom stereocenters. The highest BCUT2D eigenvalue weighted by atomic mass is 16.5.